The number of hydrogen-bond acceptors (Lipinski definition) is 6. The molecule has 1 aliphatic heterocycles. The number of carbonyl (C=O) groups is 1. The van der Waals surface area contributed by atoms with Crippen molar-refractivity contribution in [2.24, 2.45) is 0 Å². The van der Waals surface area contributed by atoms with E-state index in [9.17, 15) is 13.2 Å². The number of likely N-dealkylation sites (N-methyl/N-ethyl adjacent to an activating group) is 1. The predicted molar refractivity (Wildman–Crippen MR) is 114 cm³/mol. The number of rotatable bonds is 10. The first-order valence-electron chi connectivity index (χ1n) is 10.2. The Morgan fingerprint density at radius 2 is 1.97 bits per heavy atom. The molecule has 1 fully saturated rings. The van der Waals surface area contributed by atoms with Crippen LogP contribution in [-0.2, 0) is 25.9 Å². The fraction of sp³-hybridized carbons (Fsp3) is 0.667. The maximum Gasteiger partial charge on any atom is 0.238 e. The van der Waals surface area contributed by atoms with Gasteiger partial charge in [0.15, 0.2) is 9.84 Å². The second kappa shape index (κ2) is 10.9. The van der Waals surface area contributed by atoms with E-state index in [1.165, 1.54) is 6.92 Å². The fourth-order valence-electron chi connectivity index (χ4n) is 3.25. The second-order valence-corrected chi connectivity index (χ2v) is 10.6. The number of amides is 1. The number of nitrogens with one attached hydrogen (secondary N) is 1. The summed E-state index contributed by atoms with van der Waals surface area (Å²) in [5, 5.41) is 1.06. The average Bonchev–Trinajstić information content (AvgIpc) is 2.72. The van der Waals surface area contributed by atoms with Gasteiger partial charge in [0.25, 0.3) is 0 Å². The topological polar surface area (TPSA) is 84.9 Å². The predicted octanol–water partition coefficient (Wildman–Crippen LogP) is 2.00. The van der Waals surface area contributed by atoms with Gasteiger partial charge in [-0.2, -0.15) is 0 Å². The van der Waals surface area contributed by atoms with E-state index < -0.39 is 26.2 Å². The Balaban J connectivity index is 1.80. The molecular weight excluding hydrogens is 392 g/mol. The van der Waals surface area contributed by atoms with Crippen LogP contribution in [-0.4, -0.2) is 69.2 Å². The van der Waals surface area contributed by atoms with Crippen molar-refractivity contribution in [1.82, 2.24) is 10.2 Å². The van der Waals surface area contributed by atoms with Crippen LogP contribution in [0.15, 0.2) is 24.3 Å². The summed E-state index contributed by atoms with van der Waals surface area (Å²) in [5.74, 6) is 0.253. The van der Waals surface area contributed by atoms with Crippen LogP contribution in [0.3, 0.4) is 0 Å². The molecule has 1 amide bonds. The summed E-state index contributed by atoms with van der Waals surface area (Å²) in [6.07, 6.45) is 2.10. The van der Waals surface area contributed by atoms with Gasteiger partial charge in [0, 0.05) is 32.3 Å². The summed E-state index contributed by atoms with van der Waals surface area (Å²) in [7, 11) is -1.36. The lowest BCUT2D eigenvalue weighted by atomic mass is 10.1. The van der Waals surface area contributed by atoms with Crippen molar-refractivity contribution in [2.75, 3.05) is 33.4 Å². The Hall–Kier alpha value is -1.64. The number of carbonyl (C=O) groups excluding carboxylic acids is 1. The van der Waals surface area contributed by atoms with Crippen molar-refractivity contribution in [2.45, 2.75) is 56.7 Å². The van der Waals surface area contributed by atoms with E-state index >= 15 is 0 Å². The lowest BCUT2D eigenvalue weighted by molar-refractivity contribution is -0.120. The first kappa shape index (κ1) is 23.6. The molecule has 1 saturated heterocycles. The second-order valence-electron chi connectivity index (χ2n) is 7.82. The minimum absolute atomic E-state index is 0.260. The molecule has 0 saturated carbocycles. The van der Waals surface area contributed by atoms with Crippen LogP contribution in [0, 0.1) is 0 Å². The number of hydrogen-bond donors (Lipinski definition) is 1. The third-order valence-corrected chi connectivity index (χ3v) is 7.92. The molecule has 1 aliphatic rings. The molecule has 8 heteroatoms. The first-order chi connectivity index (χ1) is 13.7. The van der Waals surface area contributed by atoms with Crippen molar-refractivity contribution >= 4 is 15.7 Å². The quantitative estimate of drug-likeness (QED) is 0.616. The molecule has 0 bridgehead atoms. The van der Waals surface area contributed by atoms with Gasteiger partial charge in [-0.1, -0.05) is 12.1 Å². The van der Waals surface area contributed by atoms with Crippen LogP contribution >= 0.6 is 0 Å². The molecule has 7 nitrogen and oxygen atoms in total. The highest BCUT2D eigenvalue weighted by molar-refractivity contribution is 7.93. The van der Waals surface area contributed by atoms with Gasteiger partial charge in [-0.25, -0.2) is 8.42 Å². The van der Waals surface area contributed by atoms with Crippen molar-refractivity contribution < 1.29 is 22.7 Å². The monoisotopic (exact) mass is 426 g/mol. The highest BCUT2D eigenvalue weighted by atomic mass is 32.2. The van der Waals surface area contributed by atoms with E-state index in [4.69, 9.17) is 9.47 Å². The Morgan fingerprint density at radius 3 is 2.62 bits per heavy atom. The summed E-state index contributed by atoms with van der Waals surface area (Å²) in [6.45, 7) is 7.90. The van der Waals surface area contributed by atoms with Gasteiger partial charge >= 0.3 is 0 Å². The van der Waals surface area contributed by atoms with Gasteiger partial charge in [0.2, 0.25) is 5.91 Å². The Kier molecular flexibility index (Phi) is 8.92. The van der Waals surface area contributed by atoms with Gasteiger partial charge in [-0.05, 0) is 58.4 Å². The molecule has 2 rings (SSSR count). The minimum atomic E-state index is -3.47. The maximum atomic E-state index is 12.2. The zero-order chi connectivity index (χ0) is 21.4. The SMILES string of the molecule is CC(C)S(=O)(=O)C(C)C(=O)NCc1cccc(OCCN(C)C2CCOCC2)c1. The van der Waals surface area contributed by atoms with Crippen molar-refractivity contribution in [3.05, 3.63) is 29.8 Å². The van der Waals surface area contributed by atoms with Crippen molar-refractivity contribution in [3.63, 3.8) is 0 Å². The molecule has 0 radical (unpaired) electrons. The number of benzene rings is 1. The van der Waals surface area contributed by atoms with Crippen LogP contribution in [0.2, 0.25) is 0 Å². The van der Waals surface area contributed by atoms with Crippen LogP contribution in [0.5, 0.6) is 5.75 Å². The normalized spacial score (nSPS) is 16.8. The molecule has 1 aromatic rings. The number of ether oxygens (including phenoxy) is 2. The Bertz CT molecular complexity index is 760. The number of nitrogens with zero attached hydrogens (tertiary/aromatic N) is 1. The average molecular weight is 427 g/mol. The molecule has 0 spiro atoms. The zero-order valence-corrected chi connectivity index (χ0v) is 18.7. The Labute approximate surface area is 174 Å². The molecule has 1 heterocycles. The van der Waals surface area contributed by atoms with E-state index in [1.54, 1.807) is 13.8 Å². The fourth-order valence-corrected chi connectivity index (χ4v) is 4.45. The van der Waals surface area contributed by atoms with E-state index in [1.807, 2.05) is 24.3 Å². The van der Waals surface area contributed by atoms with Gasteiger partial charge < -0.3 is 14.8 Å². The highest BCUT2D eigenvalue weighted by Crippen LogP contribution is 2.16. The summed E-state index contributed by atoms with van der Waals surface area (Å²) in [4.78, 5) is 14.5. The highest BCUT2D eigenvalue weighted by Gasteiger charge is 2.30. The molecule has 1 N–H and O–H groups in total. The Morgan fingerprint density at radius 1 is 1.28 bits per heavy atom. The summed E-state index contributed by atoms with van der Waals surface area (Å²) >= 11 is 0. The van der Waals surface area contributed by atoms with Crippen LogP contribution < -0.4 is 10.1 Å². The van der Waals surface area contributed by atoms with E-state index in [2.05, 4.69) is 17.3 Å². The molecule has 164 valence electrons. The van der Waals surface area contributed by atoms with Gasteiger partial charge in [0.1, 0.15) is 17.6 Å². The lowest BCUT2D eigenvalue weighted by Crippen LogP contribution is -2.40. The molecule has 0 aromatic heterocycles. The maximum absolute atomic E-state index is 12.2. The molecule has 0 aliphatic carbocycles. The summed E-state index contributed by atoms with van der Waals surface area (Å²) in [5.41, 5.74) is 0.864. The smallest absolute Gasteiger partial charge is 0.238 e. The third-order valence-electron chi connectivity index (χ3n) is 5.41. The third kappa shape index (κ3) is 6.97. The van der Waals surface area contributed by atoms with Crippen LogP contribution in [0.1, 0.15) is 39.2 Å². The number of sulfone groups is 1. The van der Waals surface area contributed by atoms with Crippen molar-refractivity contribution in [3.8, 4) is 5.75 Å². The summed E-state index contributed by atoms with van der Waals surface area (Å²) < 4.78 is 35.5. The molecule has 1 atom stereocenters. The van der Waals surface area contributed by atoms with E-state index in [0.29, 0.717) is 12.6 Å². The minimum Gasteiger partial charge on any atom is -0.492 e. The molecule has 1 unspecified atom stereocenters. The van der Waals surface area contributed by atoms with Gasteiger partial charge in [-0.15, -0.1) is 0 Å². The zero-order valence-electron chi connectivity index (χ0n) is 17.9. The summed E-state index contributed by atoms with van der Waals surface area (Å²) in [6, 6.07) is 8.04. The van der Waals surface area contributed by atoms with Gasteiger partial charge in [-0.3, -0.25) is 9.69 Å². The molecule has 29 heavy (non-hydrogen) atoms. The largest absolute Gasteiger partial charge is 0.492 e. The van der Waals surface area contributed by atoms with E-state index in [-0.39, 0.29) is 6.54 Å². The lowest BCUT2D eigenvalue weighted by Gasteiger charge is -2.31. The molecule has 1 aromatic carbocycles. The van der Waals surface area contributed by atoms with Gasteiger partial charge in [0.05, 0.1) is 5.25 Å². The van der Waals surface area contributed by atoms with E-state index in [0.717, 1.165) is 43.9 Å². The van der Waals surface area contributed by atoms with Crippen LogP contribution in [0.4, 0.5) is 0 Å². The van der Waals surface area contributed by atoms with Crippen LogP contribution in [0.25, 0.3) is 0 Å². The van der Waals surface area contributed by atoms with Crippen molar-refractivity contribution in [1.29, 1.82) is 0 Å². The standard InChI is InChI=1S/C21H34N2O5S/c1-16(2)29(25,26)17(3)21(24)22-15-18-6-5-7-20(14-18)28-13-10-23(4)19-8-11-27-12-9-19/h5-7,14,16-17,19H,8-13,15H2,1-4H3,(H,22,24). The first-order valence-corrected chi connectivity index (χ1v) is 11.8. The molecular formula is C21H34N2O5S.